The second-order valence-electron chi connectivity index (χ2n) is 3.02. The van der Waals surface area contributed by atoms with Crippen LogP contribution in [-0.4, -0.2) is 30.5 Å². The summed E-state index contributed by atoms with van der Waals surface area (Å²) < 4.78 is 6.97. The van der Waals surface area contributed by atoms with E-state index in [1.807, 2.05) is 20.2 Å². The third-order valence-electron chi connectivity index (χ3n) is 2.01. The molecular formula is C10H17N3O. The van der Waals surface area contributed by atoms with Gasteiger partial charge in [0.2, 0.25) is 0 Å². The number of rotatable bonds is 5. The average Bonchev–Trinajstić information content (AvgIpc) is 2.55. The van der Waals surface area contributed by atoms with Gasteiger partial charge in [0.05, 0.1) is 13.3 Å². The number of hydrogen-bond acceptors (Lipinski definition) is 3. The fraction of sp³-hybridized carbons (Fsp3) is 0.500. The normalized spacial score (nSPS) is 11.1. The van der Waals surface area contributed by atoms with E-state index >= 15 is 0 Å². The standard InChI is InChI=1S/C10H17N3O/c1-11-7-5-4-6-9-10(14-3)8-12-13(9)2/h4,6,8,11H,5,7H2,1-3H3/b6-4+. The van der Waals surface area contributed by atoms with Crippen LogP contribution in [0.5, 0.6) is 5.75 Å². The van der Waals surface area contributed by atoms with Gasteiger partial charge in [-0.3, -0.25) is 4.68 Å². The molecule has 0 aromatic carbocycles. The zero-order valence-corrected chi connectivity index (χ0v) is 8.95. The van der Waals surface area contributed by atoms with E-state index < -0.39 is 0 Å². The van der Waals surface area contributed by atoms with E-state index in [0.29, 0.717) is 0 Å². The lowest BCUT2D eigenvalue weighted by Crippen LogP contribution is -2.05. The van der Waals surface area contributed by atoms with E-state index in [-0.39, 0.29) is 0 Å². The summed E-state index contributed by atoms with van der Waals surface area (Å²) in [5.41, 5.74) is 1.00. The van der Waals surface area contributed by atoms with E-state index in [4.69, 9.17) is 4.74 Å². The SMILES string of the molecule is CNCC/C=C/c1c(OC)cnn1C. The molecule has 0 saturated heterocycles. The molecule has 0 spiro atoms. The highest BCUT2D eigenvalue weighted by molar-refractivity contribution is 5.52. The summed E-state index contributed by atoms with van der Waals surface area (Å²) in [5.74, 6) is 0.813. The predicted octanol–water partition coefficient (Wildman–Crippen LogP) is 1.05. The fourth-order valence-electron chi connectivity index (χ4n) is 1.20. The van der Waals surface area contributed by atoms with Crippen LogP contribution >= 0.6 is 0 Å². The minimum atomic E-state index is 0.813. The molecule has 0 radical (unpaired) electrons. The molecule has 1 aromatic heterocycles. The molecule has 4 heteroatoms. The van der Waals surface area contributed by atoms with Gasteiger partial charge in [0, 0.05) is 7.05 Å². The third kappa shape index (κ3) is 2.60. The van der Waals surface area contributed by atoms with Crippen molar-refractivity contribution in [2.45, 2.75) is 6.42 Å². The van der Waals surface area contributed by atoms with Gasteiger partial charge in [0.1, 0.15) is 5.69 Å². The van der Waals surface area contributed by atoms with Crippen LogP contribution in [-0.2, 0) is 7.05 Å². The first-order chi connectivity index (χ1) is 6.79. The summed E-state index contributed by atoms with van der Waals surface area (Å²) in [4.78, 5) is 0. The zero-order chi connectivity index (χ0) is 10.4. The van der Waals surface area contributed by atoms with Crippen molar-refractivity contribution in [2.75, 3.05) is 20.7 Å². The first-order valence-corrected chi connectivity index (χ1v) is 4.66. The minimum Gasteiger partial charge on any atom is -0.493 e. The van der Waals surface area contributed by atoms with E-state index in [1.54, 1.807) is 18.0 Å². The Bertz CT molecular complexity index is 304. The fourth-order valence-corrected chi connectivity index (χ4v) is 1.20. The second kappa shape index (κ2) is 5.44. The third-order valence-corrected chi connectivity index (χ3v) is 2.01. The van der Waals surface area contributed by atoms with Crippen molar-refractivity contribution in [2.24, 2.45) is 7.05 Å². The maximum atomic E-state index is 5.17. The number of nitrogens with zero attached hydrogens (tertiary/aromatic N) is 2. The molecule has 1 heterocycles. The first kappa shape index (κ1) is 10.8. The van der Waals surface area contributed by atoms with Gasteiger partial charge in [-0.15, -0.1) is 0 Å². The summed E-state index contributed by atoms with van der Waals surface area (Å²) >= 11 is 0. The van der Waals surface area contributed by atoms with E-state index in [0.717, 1.165) is 24.4 Å². The number of nitrogens with one attached hydrogen (secondary N) is 1. The van der Waals surface area contributed by atoms with Crippen LogP contribution < -0.4 is 10.1 Å². The lowest BCUT2D eigenvalue weighted by atomic mass is 10.3. The van der Waals surface area contributed by atoms with Gasteiger partial charge >= 0.3 is 0 Å². The molecule has 0 saturated carbocycles. The van der Waals surface area contributed by atoms with Crippen LogP contribution in [0.25, 0.3) is 6.08 Å². The van der Waals surface area contributed by atoms with Crippen molar-refractivity contribution in [3.05, 3.63) is 18.0 Å². The molecule has 1 rings (SSSR count). The molecule has 0 unspecified atom stereocenters. The molecule has 0 atom stereocenters. The highest BCUT2D eigenvalue weighted by atomic mass is 16.5. The van der Waals surface area contributed by atoms with Crippen LogP contribution in [0, 0.1) is 0 Å². The Morgan fingerprint density at radius 1 is 1.64 bits per heavy atom. The largest absolute Gasteiger partial charge is 0.493 e. The molecule has 1 N–H and O–H groups in total. The van der Waals surface area contributed by atoms with Crippen LogP contribution in [0.2, 0.25) is 0 Å². The summed E-state index contributed by atoms with van der Waals surface area (Å²) in [6.07, 6.45) is 6.86. The first-order valence-electron chi connectivity index (χ1n) is 4.66. The molecule has 0 aliphatic carbocycles. The van der Waals surface area contributed by atoms with Crippen molar-refractivity contribution < 1.29 is 4.74 Å². The Morgan fingerprint density at radius 2 is 2.43 bits per heavy atom. The van der Waals surface area contributed by atoms with Crippen molar-refractivity contribution in [3.8, 4) is 5.75 Å². The topological polar surface area (TPSA) is 39.1 Å². The molecule has 0 amide bonds. The van der Waals surface area contributed by atoms with Gasteiger partial charge in [0.15, 0.2) is 5.75 Å². The second-order valence-corrected chi connectivity index (χ2v) is 3.02. The smallest absolute Gasteiger partial charge is 0.164 e. The number of aryl methyl sites for hydroxylation is 1. The zero-order valence-electron chi connectivity index (χ0n) is 8.95. The van der Waals surface area contributed by atoms with E-state index in [9.17, 15) is 0 Å². The number of aromatic nitrogens is 2. The summed E-state index contributed by atoms with van der Waals surface area (Å²) in [5, 5.41) is 7.20. The lowest BCUT2D eigenvalue weighted by molar-refractivity contribution is 0.413. The highest BCUT2D eigenvalue weighted by Gasteiger charge is 2.03. The molecule has 1 aromatic rings. The molecule has 78 valence electrons. The molecule has 0 bridgehead atoms. The molecule has 0 aliphatic rings. The van der Waals surface area contributed by atoms with Crippen LogP contribution in [0.1, 0.15) is 12.1 Å². The van der Waals surface area contributed by atoms with E-state index in [2.05, 4.69) is 16.5 Å². The lowest BCUT2D eigenvalue weighted by Gasteiger charge is -1.99. The van der Waals surface area contributed by atoms with E-state index in [1.165, 1.54) is 0 Å². The van der Waals surface area contributed by atoms with Gasteiger partial charge in [-0.25, -0.2) is 0 Å². The summed E-state index contributed by atoms with van der Waals surface area (Å²) in [7, 11) is 5.50. The Morgan fingerprint density at radius 3 is 3.07 bits per heavy atom. The molecule has 0 aliphatic heterocycles. The molecular weight excluding hydrogens is 178 g/mol. The van der Waals surface area contributed by atoms with Gasteiger partial charge in [-0.1, -0.05) is 6.08 Å². The van der Waals surface area contributed by atoms with Crippen molar-refractivity contribution in [3.63, 3.8) is 0 Å². The predicted molar refractivity (Wildman–Crippen MR) is 57.3 cm³/mol. The van der Waals surface area contributed by atoms with Crippen LogP contribution in [0.3, 0.4) is 0 Å². The van der Waals surface area contributed by atoms with Crippen molar-refractivity contribution >= 4 is 6.08 Å². The highest BCUT2D eigenvalue weighted by Crippen LogP contribution is 2.17. The summed E-state index contributed by atoms with van der Waals surface area (Å²) in [6.45, 7) is 0.983. The maximum absolute atomic E-state index is 5.17. The number of hydrogen-bond donors (Lipinski definition) is 1. The van der Waals surface area contributed by atoms with Gasteiger partial charge in [-0.2, -0.15) is 5.10 Å². The maximum Gasteiger partial charge on any atom is 0.164 e. The molecule has 0 fully saturated rings. The molecule has 4 nitrogen and oxygen atoms in total. The Kier molecular flexibility index (Phi) is 4.19. The minimum absolute atomic E-state index is 0.813. The van der Waals surface area contributed by atoms with Crippen molar-refractivity contribution in [1.29, 1.82) is 0 Å². The van der Waals surface area contributed by atoms with Gasteiger partial charge < -0.3 is 10.1 Å². The van der Waals surface area contributed by atoms with Crippen molar-refractivity contribution in [1.82, 2.24) is 15.1 Å². The number of ether oxygens (including phenoxy) is 1. The van der Waals surface area contributed by atoms with Gasteiger partial charge in [0.25, 0.3) is 0 Å². The molecule has 14 heavy (non-hydrogen) atoms. The Balaban J connectivity index is 2.64. The number of methoxy groups -OCH3 is 1. The monoisotopic (exact) mass is 195 g/mol. The Labute approximate surface area is 84.6 Å². The van der Waals surface area contributed by atoms with Crippen LogP contribution in [0.15, 0.2) is 12.3 Å². The Hall–Kier alpha value is -1.29. The summed E-state index contributed by atoms with van der Waals surface area (Å²) in [6, 6.07) is 0. The quantitative estimate of drug-likeness (QED) is 0.714. The average molecular weight is 195 g/mol. The van der Waals surface area contributed by atoms with Crippen LogP contribution in [0.4, 0.5) is 0 Å². The van der Waals surface area contributed by atoms with Gasteiger partial charge in [-0.05, 0) is 26.1 Å².